The summed E-state index contributed by atoms with van der Waals surface area (Å²) in [5, 5.41) is 13.6. The molecule has 1 heterocycles. The van der Waals surface area contributed by atoms with Crippen LogP contribution in [-0.4, -0.2) is 16.7 Å². The number of rotatable bonds is 1. The Hall–Kier alpha value is -2.72. The molecule has 0 bridgehead atoms. The lowest BCUT2D eigenvalue weighted by molar-refractivity contribution is -0.222. The van der Waals surface area contributed by atoms with Gasteiger partial charge in [0.2, 0.25) is 5.79 Å². The van der Waals surface area contributed by atoms with Gasteiger partial charge in [-0.2, -0.15) is 0 Å². The van der Waals surface area contributed by atoms with Crippen LogP contribution in [0.1, 0.15) is 43.7 Å². The molecule has 0 saturated heterocycles. The molecule has 148 valence electrons. The van der Waals surface area contributed by atoms with Crippen LogP contribution < -0.4 is 4.74 Å². The molecule has 5 rings (SSSR count). The average molecular weight is 390 g/mol. The molecule has 3 nitrogen and oxygen atoms in total. The van der Waals surface area contributed by atoms with E-state index in [2.05, 4.69) is 0 Å². The van der Waals surface area contributed by atoms with E-state index in [4.69, 9.17) is 4.74 Å². The molecule has 0 aromatic heterocycles. The maximum Gasteiger partial charge on any atom is 0.219 e. The predicted molar refractivity (Wildman–Crippen MR) is 109 cm³/mol. The summed E-state index contributed by atoms with van der Waals surface area (Å²) in [6, 6.07) is 18.0. The zero-order chi connectivity index (χ0) is 20.4. The Morgan fingerprint density at radius 2 is 1.76 bits per heavy atom. The predicted octanol–water partition coefficient (Wildman–Crippen LogP) is 5.20. The molecular weight excluding hydrogens is 367 g/mol. The number of fused-ring (bicyclic) bond motifs is 4. The van der Waals surface area contributed by atoms with Crippen molar-refractivity contribution in [3.8, 4) is 5.75 Å². The molecule has 1 aliphatic carbocycles. The van der Waals surface area contributed by atoms with Gasteiger partial charge in [0.05, 0.1) is 5.92 Å². The fourth-order valence-electron chi connectivity index (χ4n) is 5.31. The summed E-state index contributed by atoms with van der Waals surface area (Å²) in [5.41, 5.74) is 1.34. The summed E-state index contributed by atoms with van der Waals surface area (Å²) in [6.07, 6.45) is 0.738. The molecule has 1 N–H and O–H groups in total. The fourth-order valence-corrected chi connectivity index (χ4v) is 5.31. The second-order valence-corrected chi connectivity index (χ2v) is 9.14. The van der Waals surface area contributed by atoms with Gasteiger partial charge in [0.15, 0.2) is 0 Å². The van der Waals surface area contributed by atoms with Crippen molar-refractivity contribution in [2.24, 2.45) is 11.3 Å². The van der Waals surface area contributed by atoms with Crippen molar-refractivity contribution in [2.75, 3.05) is 0 Å². The zero-order valence-corrected chi connectivity index (χ0v) is 16.5. The molecule has 29 heavy (non-hydrogen) atoms. The highest BCUT2D eigenvalue weighted by Gasteiger charge is 2.58. The Morgan fingerprint density at radius 1 is 1.03 bits per heavy atom. The van der Waals surface area contributed by atoms with Crippen LogP contribution >= 0.6 is 0 Å². The second-order valence-electron chi connectivity index (χ2n) is 9.14. The third-order valence-electron chi connectivity index (χ3n) is 6.31. The van der Waals surface area contributed by atoms with Crippen molar-refractivity contribution in [2.45, 2.75) is 38.4 Å². The first kappa shape index (κ1) is 18.3. The molecule has 4 heteroatoms. The SMILES string of the molecule is CC1(C)CC(=O)C2C(c3ccc(F)cc3)c3c(ccc4ccccc34)OC2(O)C1. The number of hydrogen-bond acceptors (Lipinski definition) is 3. The normalized spacial score (nSPS) is 27.8. The van der Waals surface area contributed by atoms with Crippen LogP contribution in [0.5, 0.6) is 5.75 Å². The molecule has 2 aliphatic rings. The third-order valence-corrected chi connectivity index (χ3v) is 6.31. The quantitative estimate of drug-likeness (QED) is 0.621. The number of Topliss-reactive ketones (excluding diaryl/α,β-unsaturated/α-hetero) is 1. The van der Waals surface area contributed by atoms with Gasteiger partial charge in [-0.15, -0.1) is 0 Å². The summed E-state index contributed by atoms with van der Waals surface area (Å²) in [7, 11) is 0. The van der Waals surface area contributed by atoms with Crippen molar-refractivity contribution in [3.05, 3.63) is 77.6 Å². The zero-order valence-electron chi connectivity index (χ0n) is 16.5. The molecule has 3 aromatic carbocycles. The van der Waals surface area contributed by atoms with E-state index in [9.17, 15) is 14.3 Å². The van der Waals surface area contributed by atoms with Crippen LogP contribution in [0.4, 0.5) is 4.39 Å². The summed E-state index contributed by atoms with van der Waals surface area (Å²) in [4.78, 5) is 13.3. The summed E-state index contributed by atoms with van der Waals surface area (Å²) < 4.78 is 19.8. The first-order chi connectivity index (χ1) is 13.8. The highest BCUT2D eigenvalue weighted by Crippen LogP contribution is 2.56. The van der Waals surface area contributed by atoms with Crippen molar-refractivity contribution in [1.82, 2.24) is 0 Å². The van der Waals surface area contributed by atoms with Crippen molar-refractivity contribution in [1.29, 1.82) is 0 Å². The topological polar surface area (TPSA) is 46.5 Å². The van der Waals surface area contributed by atoms with Crippen molar-refractivity contribution >= 4 is 16.6 Å². The highest BCUT2D eigenvalue weighted by molar-refractivity contribution is 5.92. The maximum atomic E-state index is 13.6. The lowest BCUT2D eigenvalue weighted by Gasteiger charge is -2.51. The van der Waals surface area contributed by atoms with Crippen molar-refractivity contribution < 1.29 is 19.0 Å². The Labute approximate surface area is 169 Å². The Balaban J connectivity index is 1.80. The molecule has 0 radical (unpaired) electrons. The molecule has 3 atom stereocenters. The van der Waals surface area contributed by atoms with E-state index in [0.717, 1.165) is 21.9 Å². The van der Waals surface area contributed by atoms with Crippen molar-refractivity contribution in [3.63, 3.8) is 0 Å². The minimum atomic E-state index is -1.59. The van der Waals surface area contributed by atoms with Crippen LogP contribution in [0.2, 0.25) is 0 Å². The molecule has 0 amide bonds. The van der Waals surface area contributed by atoms with Gasteiger partial charge < -0.3 is 9.84 Å². The molecule has 0 spiro atoms. The number of aliphatic hydroxyl groups is 1. The van der Waals surface area contributed by atoms with E-state index in [1.165, 1.54) is 12.1 Å². The summed E-state index contributed by atoms with van der Waals surface area (Å²) in [6.45, 7) is 3.95. The molecule has 3 unspecified atom stereocenters. The molecule has 1 aliphatic heterocycles. The molecule has 1 saturated carbocycles. The Morgan fingerprint density at radius 3 is 2.52 bits per heavy atom. The summed E-state index contributed by atoms with van der Waals surface area (Å²) >= 11 is 0. The van der Waals surface area contributed by atoms with Gasteiger partial charge in [-0.1, -0.05) is 56.3 Å². The monoisotopic (exact) mass is 390 g/mol. The Bertz CT molecular complexity index is 1120. The van der Waals surface area contributed by atoms with Crippen LogP contribution in [-0.2, 0) is 4.79 Å². The van der Waals surface area contributed by atoms with E-state index >= 15 is 0 Å². The largest absolute Gasteiger partial charge is 0.461 e. The van der Waals surface area contributed by atoms with E-state index in [1.807, 2.05) is 50.2 Å². The molecular formula is C25H23FO3. The van der Waals surface area contributed by atoms with Gasteiger partial charge in [-0.3, -0.25) is 4.79 Å². The van der Waals surface area contributed by atoms with Crippen LogP contribution in [0.25, 0.3) is 10.8 Å². The van der Waals surface area contributed by atoms with Gasteiger partial charge >= 0.3 is 0 Å². The lowest BCUT2D eigenvalue weighted by atomic mass is 9.61. The van der Waals surface area contributed by atoms with Crippen LogP contribution in [0, 0.1) is 17.2 Å². The fraction of sp³-hybridized carbons (Fsp3) is 0.320. The van der Waals surface area contributed by atoms with Gasteiger partial charge in [0, 0.05) is 24.3 Å². The smallest absolute Gasteiger partial charge is 0.219 e. The number of ketones is 1. The summed E-state index contributed by atoms with van der Waals surface area (Å²) in [5.74, 6) is -2.49. The lowest BCUT2D eigenvalue weighted by Crippen LogP contribution is -2.58. The Kier molecular flexibility index (Phi) is 3.88. The second kappa shape index (κ2) is 6.14. The minimum absolute atomic E-state index is 0.0170. The van der Waals surface area contributed by atoms with Crippen LogP contribution in [0.15, 0.2) is 60.7 Å². The third kappa shape index (κ3) is 2.85. The number of hydrogen-bond donors (Lipinski definition) is 1. The van der Waals surface area contributed by atoms with E-state index in [-0.39, 0.29) is 17.0 Å². The first-order valence-electron chi connectivity index (χ1n) is 9.99. The first-order valence-corrected chi connectivity index (χ1v) is 9.99. The number of carbonyl (C=O) groups excluding carboxylic acids is 1. The van der Waals surface area contributed by atoms with Crippen LogP contribution in [0.3, 0.4) is 0 Å². The van der Waals surface area contributed by atoms with Gasteiger partial charge in [-0.25, -0.2) is 4.39 Å². The van der Waals surface area contributed by atoms with E-state index in [1.54, 1.807) is 12.1 Å². The molecule has 3 aromatic rings. The van der Waals surface area contributed by atoms with Gasteiger partial charge in [0.25, 0.3) is 0 Å². The number of ether oxygens (including phenoxy) is 1. The minimum Gasteiger partial charge on any atom is -0.461 e. The number of halogens is 1. The van der Waals surface area contributed by atoms with E-state index < -0.39 is 17.6 Å². The van der Waals surface area contributed by atoms with Gasteiger partial charge in [0.1, 0.15) is 17.3 Å². The number of benzene rings is 3. The van der Waals surface area contributed by atoms with E-state index in [0.29, 0.717) is 18.6 Å². The molecule has 1 fully saturated rings. The van der Waals surface area contributed by atoms with Gasteiger partial charge in [-0.05, 0) is 39.9 Å². The maximum absolute atomic E-state index is 13.6. The average Bonchev–Trinajstić information content (AvgIpc) is 2.65. The number of carbonyl (C=O) groups is 1. The highest BCUT2D eigenvalue weighted by atomic mass is 19.1. The standard InChI is InChI=1S/C25H23FO3/c1-24(2)13-19(27)23-21(16-7-10-17(26)11-8-16)22-18-6-4-3-5-15(18)9-12-20(22)29-25(23,28)14-24/h3-12,21,23,28H,13-14H2,1-2H3.